The third-order valence-corrected chi connectivity index (χ3v) is 6.09. The maximum absolute atomic E-state index is 12.5. The lowest BCUT2D eigenvalue weighted by atomic mass is 10.1. The minimum atomic E-state index is -0.412. The van der Waals surface area contributed by atoms with Gasteiger partial charge in [0.15, 0.2) is 11.5 Å². The molecule has 0 atom stereocenters. The zero-order valence-corrected chi connectivity index (χ0v) is 19.6. The molecule has 0 spiro atoms. The van der Waals surface area contributed by atoms with Crippen LogP contribution in [0.3, 0.4) is 0 Å². The van der Waals surface area contributed by atoms with Crippen molar-refractivity contribution >= 4 is 34.1 Å². The fourth-order valence-corrected chi connectivity index (χ4v) is 4.21. The summed E-state index contributed by atoms with van der Waals surface area (Å²) in [5.74, 6) is 0.755. The van der Waals surface area contributed by atoms with Crippen molar-refractivity contribution in [3.05, 3.63) is 99.8 Å². The zero-order chi connectivity index (χ0) is 23.8. The maximum atomic E-state index is 12.5. The minimum Gasteiger partial charge on any atom is -0.490 e. The Kier molecular flexibility index (Phi) is 7.59. The van der Waals surface area contributed by atoms with E-state index >= 15 is 0 Å². The number of benzene rings is 3. The Morgan fingerprint density at radius 3 is 2.68 bits per heavy atom. The first-order valence-electron chi connectivity index (χ1n) is 11.0. The van der Waals surface area contributed by atoms with Crippen molar-refractivity contribution < 1.29 is 14.3 Å². The molecule has 6 heteroatoms. The number of fused-ring (bicyclic) bond motifs is 1. The van der Waals surface area contributed by atoms with E-state index in [9.17, 15) is 10.1 Å². The molecule has 1 N–H and O–H groups in total. The molecule has 0 aliphatic heterocycles. The third-order valence-electron chi connectivity index (χ3n) is 5.21. The van der Waals surface area contributed by atoms with Gasteiger partial charge >= 0.3 is 0 Å². The van der Waals surface area contributed by atoms with Gasteiger partial charge in [0.1, 0.15) is 18.2 Å². The number of nitrogens with zero attached hydrogens (tertiary/aromatic N) is 1. The molecular weight excluding hydrogens is 444 g/mol. The highest BCUT2D eigenvalue weighted by molar-refractivity contribution is 7.09. The summed E-state index contributed by atoms with van der Waals surface area (Å²) in [7, 11) is 0. The lowest BCUT2D eigenvalue weighted by molar-refractivity contribution is -0.117. The number of hydrogen-bond donors (Lipinski definition) is 1. The summed E-state index contributed by atoms with van der Waals surface area (Å²) in [6.07, 6.45) is 1.56. The predicted octanol–water partition coefficient (Wildman–Crippen LogP) is 6.10. The van der Waals surface area contributed by atoms with Crippen LogP contribution in [-0.2, 0) is 17.9 Å². The topological polar surface area (TPSA) is 71.3 Å². The SMILES string of the molecule is CCOc1cc(/C=C(\C#N)C(=O)NCc2cccs2)ccc1OCc1cccc2ccccc12. The Bertz CT molecular complexity index is 1350. The Morgan fingerprint density at radius 1 is 1.03 bits per heavy atom. The summed E-state index contributed by atoms with van der Waals surface area (Å²) in [4.78, 5) is 13.5. The number of rotatable bonds is 9. The number of carbonyl (C=O) groups excluding carboxylic acids is 1. The number of amides is 1. The van der Waals surface area contributed by atoms with E-state index < -0.39 is 5.91 Å². The van der Waals surface area contributed by atoms with Crippen LogP contribution in [0.25, 0.3) is 16.8 Å². The van der Waals surface area contributed by atoms with Crippen molar-refractivity contribution in [3.8, 4) is 17.6 Å². The largest absolute Gasteiger partial charge is 0.490 e. The molecule has 4 aromatic rings. The first-order valence-corrected chi connectivity index (χ1v) is 11.8. The molecule has 0 saturated heterocycles. The fourth-order valence-electron chi connectivity index (χ4n) is 3.57. The second-order valence-electron chi connectivity index (χ2n) is 7.50. The van der Waals surface area contributed by atoms with Gasteiger partial charge in [0.25, 0.3) is 5.91 Å². The second-order valence-corrected chi connectivity index (χ2v) is 8.53. The van der Waals surface area contributed by atoms with Gasteiger partial charge in [-0.2, -0.15) is 5.26 Å². The molecule has 170 valence electrons. The number of carbonyl (C=O) groups is 1. The van der Waals surface area contributed by atoms with Crippen molar-refractivity contribution in [1.29, 1.82) is 5.26 Å². The van der Waals surface area contributed by atoms with Crippen molar-refractivity contribution in [2.75, 3.05) is 6.61 Å². The van der Waals surface area contributed by atoms with E-state index in [0.717, 1.165) is 21.2 Å². The van der Waals surface area contributed by atoms with E-state index in [2.05, 4.69) is 23.5 Å². The minimum absolute atomic E-state index is 0.0310. The van der Waals surface area contributed by atoms with Crippen LogP contribution in [0.1, 0.15) is 22.9 Å². The van der Waals surface area contributed by atoms with E-state index in [-0.39, 0.29) is 5.57 Å². The van der Waals surface area contributed by atoms with Gasteiger partial charge in [0.05, 0.1) is 13.2 Å². The number of ether oxygens (including phenoxy) is 2. The van der Waals surface area contributed by atoms with E-state index in [1.807, 2.05) is 60.8 Å². The first-order chi connectivity index (χ1) is 16.7. The Morgan fingerprint density at radius 2 is 1.88 bits per heavy atom. The molecule has 34 heavy (non-hydrogen) atoms. The molecule has 3 aromatic carbocycles. The molecule has 0 unspecified atom stereocenters. The highest BCUT2D eigenvalue weighted by Crippen LogP contribution is 2.31. The summed E-state index contributed by atoms with van der Waals surface area (Å²) < 4.78 is 11.9. The third kappa shape index (κ3) is 5.64. The average Bonchev–Trinajstić information content (AvgIpc) is 3.39. The molecule has 0 bridgehead atoms. The Balaban J connectivity index is 1.51. The molecule has 0 aliphatic rings. The average molecular weight is 469 g/mol. The van der Waals surface area contributed by atoms with Crippen LogP contribution >= 0.6 is 11.3 Å². The summed E-state index contributed by atoms with van der Waals surface area (Å²) in [6, 6.07) is 25.6. The van der Waals surface area contributed by atoms with Gasteiger partial charge in [0.2, 0.25) is 0 Å². The Labute approximate surface area is 202 Å². The van der Waals surface area contributed by atoms with Gasteiger partial charge in [0, 0.05) is 4.88 Å². The lowest BCUT2D eigenvalue weighted by Crippen LogP contribution is -2.23. The molecule has 5 nitrogen and oxygen atoms in total. The van der Waals surface area contributed by atoms with Gasteiger partial charge in [-0.15, -0.1) is 11.3 Å². The molecule has 0 fully saturated rings. The van der Waals surface area contributed by atoms with Crippen molar-refractivity contribution in [2.24, 2.45) is 0 Å². The van der Waals surface area contributed by atoms with Crippen LogP contribution in [0.5, 0.6) is 11.5 Å². The molecule has 1 amide bonds. The van der Waals surface area contributed by atoms with Gasteiger partial charge in [-0.25, -0.2) is 0 Å². The summed E-state index contributed by atoms with van der Waals surface area (Å²) in [5.41, 5.74) is 1.80. The Hall–Kier alpha value is -4.08. The molecule has 0 aliphatic carbocycles. The molecule has 0 radical (unpaired) electrons. The van der Waals surface area contributed by atoms with Crippen LogP contribution in [-0.4, -0.2) is 12.5 Å². The van der Waals surface area contributed by atoms with E-state index in [1.165, 1.54) is 0 Å². The van der Waals surface area contributed by atoms with Crippen LogP contribution in [0, 0.1) is 11.3 Å². The predicted molar refractivity (Wildman–Crippen MR) is 136 cm³/mol. The lowest BCUT2D eigenvalue weighted by Gasteiger charge is -2.14. The number of hydrogen-bond acceptors (Lipinski definition) is 5. The molecule has 1 heterocycles. The van der Waals surface area contributed by atoms with Crippen LogP contribution in [0.4, 0.5) is 0 Å². The summed E-state index contributed by atoms with van der Waals surface area (Å²) in [6.45, 7) is 3.14. The number of thiophene rings is 1. The van der Waals surface area contributed by atoms with E-state index in [4.69, 9.17) is 9.47 Å². The molecular formula is C28H24N2O3S. The highest BCUT2D eigenvalue weighted by atomic mass is 32.1. The quantitative estimate of drug-likeness (QED) is 0.238. The fraction of sp³-hybridized carbons (Fsp3) is 0.143. The standard InChI is InChI=1S/C28H24N2O3S/c1-2-32-27-16-20(15-23(17-29)28(31)30-18-24-10-6-14-34-24)12-13-26(27)33-19-22-9-5-8-21-7-3-4-11-25(21)22/h3-16H,2,18-19H2,1H3,(H,30,31)/b23-15+. The van der Waals surface area contributed by atoms with Crippen molar-refractivity contribution in [3.63, 3.8) is 0 Å². The molecule has 4 rings (SSSR count). The monoisotopic (exact) mass is 468 g/mol. The molecule has 1 aromatic heterocycles. The van der Waals surface area contributed by atoms with E-state index in [1.54, 1.807) is 29.5 Å². The zero-order valence-electron chi connectivity index (χ0n) is 18.8. The first kappa shape index (κ1) is 23.1. The molecule has 0 saturated carbocycles. The van der Waals surface area contributed by atoms with E-state index in [0.29, 0.717) is 36.8 Å². The van der Waals surface area contributed by atoms with Crippen molar-refractivity contribution in [2.45, 2.75) is 20.1 Å². The maximum Gasteiger partial charge on any atom is 0.262 e. The van der Waals surface area contributed by atoms with Crippen LogP contribution in [0.15, 0.2) is 83.7 Å². The normalized spacial score (nSPS) is 11.1. The number of nitriles is 1. The van der Waals surface area contributed by atoms with Crippen molar-refractivity contribution in [1.82, 2.24) is 5.32 Å². The van der Waals surface area contributed by atoms with Gasteiger partial charge in [-0.3, -0.25) is 4.79 Å². The smallest absolute Gasteiger partial charge is 0.262 e. The second kappa shape index (κ2) is 11.2. The van der Waals surface area contributed by atoms with Gasteiger partial charge in [-0.1, -0.05) is 54.6 Å². The summed E-state index contributed by atoms with van der Waals surface area (Å²) in [5, 5.41) is 16.5. The summed E-state index contributed by atoms with van der Waals surface area (Å²) >= 11 is 1.55. The highest BCUT2D eigenvalue weighted by Gasteiger charge is 2.12. The number of nitrogens with one attached hydrogen (secondary N) is 1. The van der Waals surface area contributed by atoms with Gasteiger partial charge in [-0.05, 0) is 58.5 Å². The van der Waals surface area contributed by atoms with Crippen LogP contribution < -0.4 is 14.8 Å². The van der Waals surface area contributed by atoms with Crippen LogP contribution in [0.2, 0.25) is 0 Å². The van der Waals surface area contributed by atoms with Gasteiger partial charge < -0.3 is 14.8 Å².